The number of pyridine rings is 1. The van der Waals surface area contributed by atoms with Gasteiger partial charge in [0.2, 0.25) is 15.9 Å². The van der Waals surface area contributed by atoms with Crippen molar-refractivity contribution in [2.24, 2.45) is 16.6 Å². The van der Waals surface area contributed by atoms with E-state index in [1.54, 1.807) is 23.6 Å². The fourth-order valence-corrected chi connectivity index (χ4v) is 5.81. The number of aliphatic carboxylic acids is 1. The Labute approximate surface area is 219 Å². The monoisotopic (exact) mass is 549 g/mol. The quantitative estimate of drug-likeness (QED) is 0.107. The smallest absolute Gasteiger partial charge is 0.326 e. The molecular formula is C23H31N7O7S. The highest BCUT2D eigenvalue weighted by molar-refractivity contribution is 7.89. The number of aromatic nitrogens is 1. The highest BCUT2D eigenvalue weighted by atomic mass is 32.2. The number of aryl methyl sites for hydroxylation is 1. The van der Waals surface area contributed by atoms with Crippen molar-refractivity contribution in [2.75, 3.05) is 13.1 Å². The Bertz CT molecular complexity index is 1350. The number of carboxylic acids is 1. The number of amides is 1. The molecule has 3 rings (SSSR count). The first kappa shape index (κ1) is 28.7. The number of likely N-dealkylation sites (tertiary alicyclic amines) is 1. The predicted molar refractivity (Wildman–Crippen MR) is 138 cm³/mol. The Balaban J connectivity index is 1.89. The predicted octanol–water partition coefficient (Wildman–Crippen LogP) is 0.778. The molecule has 14 nitrogen and oxygen atoms in total. The lowest BCUT2D eigenvalue weighted by Gasteiger charge is -2.38. The maximum absolute atomic E-state index is 13.6. The van der Waals surface area contributed by atoms with Gasteiger partial charge in [-0.25, -0.2) is 28.3 Å². The highest BCUT2D eigenvalue weighted by Crippen LogP contribution is 2.26. The van der Waals surface area contributed by atoms with Crippen LogP contribution in [0.25, 0.3) is 10.9 Å². The van der Waals surface area contributed by atoms with Gasteiger partial charge in [-0.1, -0.05) is 24.5 Å². The van der Waals surface area contributed by atoms with Crippen LogP contribution in [0.1, 0.15) is 38.2 Å². The molecule has 5 N–H and O–H groups in total. The summed E-state index contributed by atoms with van der Waals surface area (Å²) in [4.78, 5) is 45.1. The van der Waals surface area contributed by atoms with Gasteiger partial charge in [-0.15, -0.1) is 0 Å². The van der Waals surface area contributed by atoms with Gasteiger partial charge in [-0.05, 0) is 56.2 Å². The number of hydrogen-bond acceptors (Lipinski definition) is 8. The van der Waals surface area contributed by atoms with Gasteiger partial charge in [-0.3, -0.25) is 9.78 Å². The molecule has 1 amide bonds. The van der Waals surface area contributed by atoms with E-state index in [-0.39, 0.29) is 48.7 Å². The first-order valence-electron chi connectivity index (χ1n) is 12.0. The van der Waals surface area contributed by atoms with Crippen molar-refractivity contribution in [3.63, 3.8) is 0 Å². The number of fused-ring (bicyclic) bond motifs is 1. The lowest BCUT2D eigenvalue weighted by atomic mass is 9.91. The van der Waals surface area contributed by atoms with Crippen LogP contribution in [0.3, 0.4) is 0 Å². The molecule has 2 heterocycles. The average Bonchev–Trinajstić information content (AvgIpc) is 2.84. The second-order valence-corrected chi connectivity index (χ2v) is 11.0. The molecule has 1 aromatic carbocycles. The third-order valence-electron chi connectivity index (χ3n) is 6.27. The number of hydrazine groups is 1. The molecule has 15 heteroatoms. The van der Waals surface area contributed by atoms with Crippen LogP contribution in [0.2, 0.25) is 0 Å². The molecule has 1 aromatic heterocycles. The van der Waals surface area contributed by atoms with Gasteiger partial charge >= 0.3 is 5.97 Å². The zero-order valence-corrected chi connectivity index (χ0v) is 21.8. The van der Waals surface area contributed by atoms with Gasteiger partial charge in [0.05, 0.1) is 5.52 Å². The molecule has 1 saturated heterocycles. The Morgan fingerprint density at radius 1 is 1.39 bits per heavy atom. The number of hydrogen-bond donors (Lipinski definition) is 4. The van der Waals surface area contributed by atoms with E-state index in [2.05, 4.69) is 14.7 Å². The number of sulfonamides is 1. The summed E-state index contributed by atoms with van der Waals surface area (Å²) in [6, 6.07) is 4.07. The minimum Gasteiger partial charge on any atom is -0.480 e. The number of carbonyl (C=O) groups is 2. The van der Waals surface area contributed by atoms with Gasteiger partial charge in [0.15, 0.2) is 5.03 Å². The van der Waals surface area contributed by atoms with Crippen molar-refractivity contribution in [3.8, 4) is 0 Å². The fourth-order valence-electron chi connectivity index (χ4n) is 4.41. The number of para-hydroxylation sites is 1. The van der Waals surface area contributed by atoms with E-state index in [4.69, 9.17) is 5.73 Å². The highest BCUT2D eigenvalue weighted by Gasteiger charge is 2.39. The maximum atomic E-state index is 13.6. The summed E-state index contributed by atoms with van der Waals surface area (Å²) in [5, 5.41) is 19.9. The van der Waals surface area contributed by atoms with Crippen LogP contribution < -0.4 is 15.9 Å². The molecule has 0 radical (unpaired) electrons. The van der Waals surface area contributed by atoms with Gasteiger partial charge in [0, 0.05) is 24.7 Å². The first-order chi connectivity index (χ1) is 17.9. The molecule has 0 aliphatic carbocycles. The van der Waals surface area contributed by atoms with E-state index >= 15 is 0 Å². The van der Waals surface area contributed by atoms with Crippen molar-refractivity contribution >= 4 is 38.8 Å². The Kier molecular flexibility index (Phi) is 9.17. The van der Waals surface area contributed by atoms with E-state index in [1.165, 1.54) is 17.2 Å². The minimum atomic E-state index is -4.27. The molecule has 1 aliphatic heterocycles. The topological polar surface area (TPSA) is 210 Å². The summed E-state index contributed by atoms with van der Waals surface area (Å²) >= 11 is 0. The number of nitrogens with two attached hydrogens (primary N) is 1. The van der Waals surface area contributed by atoms with Crippen LogP contribution in [-0.4, -0.2) is 71.4 Å². The summed E-state index contributed by atoms with van der Waals surface area (Å²) in [7, 11) is -4.27. The first-order valence-corrected chi connectivity index (χ1v) is 13.5. The number of guanidine groups is 1. The number of benzene rings is 1. The van der Waals surface area contributed by atoms with Gasteiger partial charge in [0.25, 0.3) is 5.96 Å². The van der Waals surface area contributed by atoms with Gasteiger partial charge in [-0.2, -0.15) is 4.72 Å². The number of carbonyl (C=O) groups excluding carboxylic acids is 1. The molecule has 0 saturated carbocycles. The van der Waals surface area contributed by atoms with E-state index in [0.717, 1.165) is 5.56 Å². The third kappa shape index (κ3) is 7.13. The number of rotatable bonds is 10. The number of aliphatic imine (C=N–C) groups is 1. The lowest BCUT2D eigenvalue weighted by molar-refractivity contribution is -0.525. The second kappa shape index (κ2) is 12.1. The second-order valence-electron chi connectivity index (χ2n) is 9.31. The molecule has 1 aliphatic rings. The van der Waals surface area contributed by atoms with Crippen molar-refractivity contribution in [1.82, 2.24) is 20.0 Å². The van der Waals surface area contributed by atoms with Crippen LogP contribution in [-0.2, 0) is 19.6 Å². The molecule has 2 aromatic rings. The summed E-state index contributed by atoms with van der Waals surface area (Å²) in [6.45, 7) is 3.86. The number of nitro groups is 1. The Morgan fingerprint density at radius 3 is 2.82 bits per heavy atom. The molecule has 0 bridgehead atoms. The summed E-state index contributed by atoms with van der Waals surface area (Å²) in [6.07, 6.45) is 2.45. The van der Waals surface area contributed by atoms with Gasteiger partial charge in [0.1, 0.15) is 17.0 Å². The molecule has 206 valence electrons. The number of nitrogens with zero attached hydrogens (tertiary/aromatic N) is 4. The van der Waals surface area contributed by atoms with Crippen LogP contribution in [0.15, 0.2) is 40.4 Å². The molecule has 1 fully saturated rings. The van der Waals surface area contributed by atoms with Crippen LogP contribution in [0.5, 0.6) is 0 Å². The molecule has 3 atom stereocenters. The van der Waals surface area contributed by atoms with Gasteiger partial charge < -0.3 is 15.7 Å². The summed E-state index contributed by atoms with van der Waals surface area (Å²) < 4.78 is 29.4. The zero-order chi connectivity index (χ0) is 28.0. The molecule has 0 unspecified atom stereocenters. The minimum absolute atomic E-state index is 0.0350. The number of carboxylic acid groups (broad SMARTS) is 1. The Hall–Kier alpha value is -3.85. The third-order valence-corrected chi connectivity index (χ3v) is 7.77. The largest absolute Gasteiger partial charge is 0.480 e. The summed E-state index contributed by atoms with van der Waals surface area (Å²) in [5.74, 6) is -2.18. The lowest BCUT2D eigenvalue weighted by Crippen LogP contribution is -2.56. The summed E-state index contributed by atoms with van der Waals surface area (Å²) in [5.41, 5.74) is 8.19. The van der Waals surface area contributed by atoms with E-state index in [1.807, 2.05) is 13.8 Å². The van der Waals surface area contributed by atoms with Crippen LogP contribution in [0, 0.1) is 23.0 Å². The Morgan fingerprint density at radius 2 is 2.13 bits per heavy atom. The normalized spacial score (nSPS) is 19.2. The number of nitrogens with one attached hydrogen (secondary N) is 2. The molecule has 0 spiro atoms. The average molecular weight is 550 g/mol. The van der Waals surface area contributed by atoms with E-state index in [0.29, 0.717) is 11.8 Å². The zero-order valence-electron chi connectivity index (χ0n) is 21.0. The van der Waals surface area contributed by atoms with Crippen LogP contribution >= 0.6 is 0 Å². The maximum Gasteiger partial charge on any atom is 0.326 e. The molecular weight excluding hydrogens is 518 g/mol. The van der Waals surface area contributed by atoms with Crippen molar-refractivity contribution in [3.05, 3.63) is 46.1 Å². The van der Waals surface area contributed by atoms with E-state index in [9.17, 15) is 33.2 Å². The number of piperidine rings is 1. The van der Waals surface area contributed by atoms with Crippen LogP contribution in [0.4, 0.5) is 0 Å². The van der Waals surface area contributed by atoms with Crippen molar-refractivity contribution < 1.29 is 28.1 Å². The fraction of sp³-hybridized carbons (Fsp3) is 0.478. The van der Waals surface area contributed by atoms with Crippen molar-refractivity contribution in [1.29, 1.82) is 0 Å². The van der Waals surface area contributed by atoms with Crippen molar-refractivity contribution in [2.45, 2.75) is 56.5 Å². The standard InChI is InChI=1S/C23H31N7O7S/c1-14-8-10-29(18(12-14)22(32)33)21(31)17(6-4-9-25-23(24)27-30(34)35)28-38(36,37)19-7-3-5-16-11-15(2)13-26-20(16)19/h3,5,7,11,13-14,17-18,28H,4,6,8-10,12H2,1-2H3,(H,32,33)(H3,24,25,27)/t14-,17+,18+/m1/s1. The SMILES string of the molecule is Cc1cnc2c(S(=O)(=O)N[C@@H](CCCN=C(N)N[N+](=O)[O-])C(=O)N3CC[C@@H](C)C[C@H]3C(=O)O)cccc2c1. The molecule has 38 heavy (non-hydrogen) atoms. The van der Waals surface area contributed by atoms with E-state index < -0.39 is 45.0 Å².